The van der Waals surface area contributed by atoms with Crippen molar-refractivity contribution in [2.24, 2.45) is 5.41 Å². The van der Waals surface area contributed by atoms with Gasteiger partial charge in [-0.1, -0.05) is 12.1 Å². The molecule has 1 aromatic rings. The number of aromatic hydroxyl groups is 1. The van der Waals surface area contributed by atoms with Gasteiger partial charge in [-0.15, -0.1) is 0 Å². The average Bonchev–Trinajstić information content (AvgIpc) is 2.71. The summed E-state index contributed by atoms with van der Waals surface area (Å²) in [6.07, 6.45) is 2.75. The maximum Gasteiger partial charge on any atom is 0.181 e. The molecule has 1 spiro atoms. The summed E-state index contributed by atoms with van der Waals surface area (Å²) < 4.78 is 5.24. The van der Waals surface area contributed by atoms with Crippen molar-refractivity contribution in [3.63, 3.8) is 0 Å². The summed E-state index contributed by atoms with van der Waals surface area (Å²) >= 11 is 0. The van der Waals surface area contributed by atoms with E-state index in [0.29, 0.717) is 24.2 Å². The van der Waals surface area contributed by atoms with Gasteiger partial charge in [-0.2, -0.15) is 0 Å². The molecule has 0 unspecified atom stereocenters. The summed E-state index contributed by atoms with van der Waals surface area (Å²) in [4.78, 5) is 24.4. The van der Waals surface area contributed by atoms with Crippen LogP contribution in [0.5, 0.6) is 5.75 Å². The van der Waals surface area contributed by atoms with Crippen molar-refractivity contribution < 1.29 is 19.4 Å². The van der Waals surface area contributed by atoms with Gasteiger partial charge in [0.05, 0.1) is 18.1 Å². The Bertz CT molecular complexity index is 615. The monoisotopic (exact) mass is 258 g/mol. The highest BCUT2D eigenvalue weighted by molar-refractivity contribution is 6.11. The number of benzene rings is 1. The van der Waals surface area contributed by atoms with Gasteiger partial charge in [-0.3, -0.25) is 9.59 Å². The number of ketones is 2. The molecule has 3 rings (SSSR count). The number of fused-ring (bicyclic) bond motifs is 1. The second-order valence-corrected chi connectivity index (χ2v) is 5.08. The van der Waals surface area contributed by atoms with Crippen molar-refractivity contribution in [1.29, 1.82) is 0 Å². The fraction of sp³-hybridized carbons (Fsp3) is 0.333. The van der Waals surface area contributed by atoms with Crippen molar-refractivity contribution in [2.75, 3.05) is 7.11 Å². The lowest BCUT2D eigenvalue weighted by atomic mass is 9.69. The molecule has 1 N–H and O–H groups in total. The van der Waals surface area contributed by atoms with Crippen molar-refractivity contribution in [3.8, 4) is 5.75 Å². The SMILES string of the molecule is COC1=CC(=O)C[C@]12CCc1cccc(O)c1C2=O. The third-order valence-electron chi connectivity index (χ3n) is 4.07. The molecule has 2 aliphatic rings. The van der Waals surface area contributed by atoms with E-state index in [-0.39, 0.29) is 23.7 Å². The first kappa shape index (κ1) is 12.0. The summed E-state index contributed by atoms with van der Waals surface area (Å²) in [5, 5.41) is 9.93. The smallest absolute Gasteiger partial charge is 0.181 e. The number of carbonyl (C=O) groups excluding carboxylic acids is 2. The molecule has 0 saturated heterocycles. The van der Waals surface area contributed by atoms with E-state index in [9.17, 15) is 14.7 Å². The van der Waals surface area contributed by atoms with Crippen LogP contribution in [0.4, 0.5) is 0 Å². The molecule has 0 aromatic heterocycles. The third-order valence-corrected chi connectivity index (χ3v) is 4.07. The van der Waals surface area contributed by atoms with Crippen LogP contribution in [0.25, 0.3) is 0 Å². The molecule has 2 aliphatic carbocycles. The Kier molecular flexibility index (Phi) is 2.49. The van der Waals surface area contributed by atoms with E-state index in [1.165, 1.54) is 19.3 Å². The van der Waals surface area contributed by atoms with Gasteiger partial charge in [-0.25, -0.2) is 0 Å². The molecule has 0 amide bonds. The van der Waals surface area contributed by atoms with Gasteiger partial charge in [0, 0.05) is 12.5 Å². The normalized spacial score (nSPS) is 25.4. The molecule has 4 nitrogen and oxygen atoms in total. The number of rotatable bonds is 1. The highest BCUT2D eigenvalue weighted by atomic mass is 16.5. The summed E-state index contributed by atoms with van der Waals surface area (Å²) in [5.41, 5.74) is 0.273. The number of hydrogen-bond donors (Lipinski definition) is 1. The number of phenols is 1. The zero-order chi connectivity index (χ0) is 13.6. The zero-order valence-corrected chi connectivity index (χ0v) is 10.6. The quantitative estimate of drug-likeness (QED) is 0.837. The van der Waals surface area contributed by atoms with E-state index in [0.717, 1.165) is 5.56 Å². The van der Waals surface area contributed by atoms with E-state index in [4.69, 9.17) is 4.74 Å². The van der Waals surface area contributed by atoms with E-state index in [2.05, 4.69) is 0 Å². The van der Waals surface area contributed by atoms with E-state index < -0.39 is 5.41 Å². The highest BCUT2D eigenvalue weighted by Gasteiger charge is 2.51. The second kappa shape index (κ2) is 3.95. The largest absolute Gasteiger partial charge is 0.507 e. The first-order chi connectivity index (χ1) is 9.08. The first-order valence-electron chi connectivity index (χ1n) is 6.23. The molecule has 0 saturated carbocycles. The van der Waals surface area contributed by atoms with Crippen LogP contribution >= 0.6 is 0 Å². The fourth-order valence-corrected chi connectivity index (χ4v) is 3.14. The number of phenolic OH excluding ortho intramolecular Hbond substituents is 1. The summed E-state index contributed by atoms with van der Waals surface area (Å²) in [6, 6.07) is 5.07. The Balaban J connectivity index is 2.15. The summed E-state index contributed by atoms with van der Waals surface area (Å²) in [6.45, 7) is 0. The van der Waals surface area contributed by atoms with Crippen LogP contribution in [0, 0.1) is 5.41 Å². The van der Waals surface area contributed by atoms with Crippen LogP contribution < -0.4 is 0 Å². The Morgan fingerprint density at radius 2 is 2.11 bits per heavy atom. The van der Waals surface area contributed by atoms with Gasteiger partial charge >= 0.3 is 0 Å². The summed E-state index contributed by atoms with van der Waals surface area (Å²) in [7, 11) is 1.47. The topological polar surface area (TPSA) is 63.6 Å². The van der Waals surface area contributed by atoms with E-state index >= 15 is 0 Å². The number of methoxy groups -OCH3 is 1. The van der Waals surface area contributed by atoms with Gasteiger partial charge in [0.1, 0.15) is 11.5 Å². The Labute approximate surface area is 110 Å². The fourth-order valence-electron chi connectivity index (χ4n) is 3.14. The van der Waals surface area contributed by atoms with Crippen LogP contribution in [-0.4, -0.2) is 23.8 Å². The van der Waals surface area contributed by atoms with Gasteiger partial charge in [0.25, 0.3) is 0 Å². The molecule has 0 radical (unpaired) electrons. The maximum atomic E-state index is 12.7. The van der Waals surface area contributed by atoms with Crippen molar-refractivity contribution >= 4 is 11.6 Å². The molecule has 19 heavy (non-hydrogen) atoms. The molecule has 0 heterocycles. The van der Waals surface area contributed by atoms with Crippen molar-refractivity contribution in [2.45, 2.75) is 19.3 Å². The molecule has 0 aliphatic heterocycles. The predicted molar refractivity (Wildman–Crippen MR) is 67.9 cm³/mol. The molecule has 98 valence electrons. The van der Waals surface area contributed by atoms with E-state index in [1.807, 2.05) is 6.07 Å². The van der Waals surface area contributed by atoms with Crippen LogP contribution in [-0.2, 0) is 16.0 Å². The van der Waals surface area contributed by atoms with Gasteiger partial charge in [0.2, 0.25) is 0 Å². The minimum absolute atomic E-state index is 0.0172. The molecule has 1 atom stereocenters. The average molecular weight is 258 g/mol. The van der Waals surface area contributed by atoms with Crippen molar-refractivity contribution in [3.05, 3.63) is 41.2 Å². The number of ether oxygens (including phenoxy) is 1. The Morgan fingerprint density at radius 1 is 1.32 bits per heavy atom. The van der Waals surface area contributed by atoms with Crippen LogP contribution in [0.15, 0.2) is 30.0 Å². The lowest BCUT2D eigenvalue weighted by molar-refractivity contribution is -0.115. The lowest BCUT2D eigenvalue weighted by Crippen LogP contribution is -2.37. The molecule has 4 heteroatoms. The lowest BCUT2D eigenvalue weighted by Gasteiger charge is -2.34. The number of Topliss-reactive ketones (excluding diaryl/α,β-unsaturated/α-hetero) is 1. The Morgan fingerprint density at radius 3 is 2.84 bits per heavy atom. The number of aryl methyl sites for hydroxylation is 1. The second-order valence-electron chi connectivity index (χ2n) is 5.08. The molecular weight excluding hydrogens is 244 g/mol. The third kappa shape index (κ3) is 1.52. The molecule has 0 bridgehead atoms. The number of allylic oxidation sites excluding steroid dienone is 2. The number of carbonyl (C=O) groups is 2. The van der Waals surface area contributed by atoms with Crippen molar-refractivity contribution in [1.82, 2.24) is 0 Å². The Hall–Kier alpha value is -2.10. The molecular formula is C15H14O4. The molecule has 1 aromatic carbocycles. The first-order valence-corrected chi connectivity index (χ1v) is 6.23. The number of hydrogen-bond acceptors (Lipinski definition) is 4. The minimum atomic E-state index is -0.905. The highest BCUT2D eigenvalue weighted by Crippen LogP contribution is 2.49. The van der Waals surface area contributed by atoms with Gasteiger partial charge in [-0.05, 0) is 24.5 Å². The van der Waals surface area contributed by atoms with Gasteiger partial charge < -0.3 is 9.84 Å². The van der Waals surface area contributed by atoms with Crippen LogP contribution in [0.1, 0.15) is 28.8 Å². The molecule has 0 fully saturated rings. The standard InChI is InChI=1S/C15H14O4/c1-19-12-7-10(16)8-15(12)6-5-9-3-2-4-11(17)13(9)14(15)18/h2-4,7,17H,5-6,8H2,1H3/t15-/m1/s1. The minimum Gasteiger partial charge on any atom is -0.507 e. The predicted octanol–water partition coefficient (Wildman–Crippen LogP) is 2.01. The van der Waals surface area contributed by atoms with Crippen LogP contribution in [0.2, 0.25) is 0 Å². The van der Waals surface area contributed by atoms with Gasteiger partial charge in [0.15, 0.2) is 11.6 Å². The zero-order valence-electron chi connectivity index (χ0n) is 10.6. The van der Waals surface area contributed by atoms with Crippen LogP contribution in [0.3, 0.4) is 0 Å². The summed E-state index contributed by atoms with van der Waals surface area (Å²) in [5.74, 6) is 0.114. The van der Waals surface area contributed by atoms with E-state index in [1.54, 1.807) is 6.07 Å². The maximum absolute atomic E-state index is 12.7.